The van der Waals surface area contributed by atoms with Crippen molar-refractivity contribution in [2.45, 2.75) is 65.1 Å². The lowest BCUT2D eigenvalue weighted by atomic mass is 10.1. The molecule has 114 valence electrons. The molecule has 3 nitrogen and oxygen atoms in total. The van der Waals surface area contributed by atoms with Crippen molar-refractivity contribution in [3.63, 3.8) is 0 Å². The summed E-state index contributed by atoms with van der Waals surface area (Å²) < 4.78 is 2.08. The Morgan fingerprint density at radius 3 is 2.75 bits per heavy atom. The molecule has 0 aliphatic carbocycles. The highest BCUT2D eigenvalue weighted by Crippen LogP contribution is 2.26. The van der Waals surface area contributed by atoms with Crippen molar-refractivity contribution in [1.82, 2.24) is 14.7 Å². The minimum Gasteiger partial charge on any atom is -0.294 e. The minimum atomic E-state index is 0.624. The third-order valence-corrected chi connectivity index (χ3v) is 5.41. The lowest BCUT2D eigenvalue weighted by molar-refractivity contribution is 0.203. The van der Waals surface area contributed by atoms with Crippen LogP contribution in [0.2, 0.25) is 5.02 Å². The maximum Gasteiger partial charge on any atom is 0.0863 e. The van der Waals surface area contributed by atoms with E-state index in [2.05, 4.69) is 44.5 Å². The highest BCUT2D eigenvalue weighted by atomic mass is 79.9. The smallest absolute Gasteiger partial charge is 0.0863 e. The third kappa shape index (κ3) is 3.58. The standard InChI is InChI=1S/C15H25BrClN3/c1-3-13-15(17)14(20(4-2)18-13)11-19-9-7-5-6-8-12(19)10-16/h12H,3-11H2,1-2H3. The molecule has 2 heterocycles. The Kier molecular flexibility index (Phi) is 6.37. The molecule has 0 spiro atoms. The number of likely N-dealkylation sites (tertiary alicyclic amines) is 1. The van der Waals surface area contributed by atoms with Crippen LogP contribution in [0.4, 0.5) is 0 Å². The van der Waals surface area contributed by atoms with Crippen LogP contribution in [-0.2, 0) is 19.5 Å². The summed E-state index contributed by atoms with van der Waals surface area (Å²) >= 11 is 10.2. The predicted octanol–water partition coefficient (Wildman–Crippen LogP) is 4.26. The van der Waals surface area contributed by atoms with Gasteiger partial charge in [-0.3, -0.25) is 9.58 Å². The second kappa shape index (κ2) is 7.81. The number of halogens is 2. The van der Waals surface area contributed by atoms with Gasteiger partial charge in [0.2, 0.25) is 0 Å². The lowest BCUT2D eigenvalue weighted by Crippen LogP contribution is -2.36. The molecule has 1 unspecified atom stereocenters. The van der Waals surface area contributed by atoms with Crippen LogP contribution in [0.25, 0.3) is 0 Å². The molecular weight excluding hydrogens is 338 g/mol. The van der Waals surface area contributed by atoms with Gasteiger partial charge in [-0.05, 0) is 32.7 Å². The quantitative estimate of drug-likeness (QED) is 0.730. The predicted molar refractivity (Wildman–Crippen MR) is 88.7 cm³/mol. The molecule has 1 fully saturated rings. The third-order valence-electron chi connectivity index (χ3n) is 4.22. The molecule has 0 amide bonds. The maximum atomic E-state index is 6.54. The Morgan fingerprint density at radius 1 is 1.30 bits per heavy atom. The summed E-state index contributed by atoms with van der Waals surface area (Å²) in [6.45, 7) is 7.24. The normalized spacial score (nSPS) is 21.1. The van der Waals surface area contributed by atoms with Crippen molar-refractivity contribution in [2.75, 3.05) is 11.9 Å². The summed E-state index contributed by atoms with van der Waals surface area (Å²) in [5, 5.41) is 6.56. The second-order valence-electron chi connectivity index (χ2n) is 5.50. The Labute approximate surface area is 135 Å². The van der Waals surface area contributed by atoms with Gasteiger partial charge in [0.25, 0.3) is 0 Å². The van der Waals surface area contributed by atoms with Gasteiger partial charge >= 0.3 is 0 Å². The zero-order valence-electron chi connectivity index (χ0n) is 12.5. The SMILES string of the molecule is CCc1nn(CC)c(CN2CCCCCC2CBr)c1Cl. The Morgan fingerprint density at radius 2 is 2.10 bits per heavy atom. The number of aryl methyl sites for hydroxylation is 2. The van der Waals surface area contributed by atoms with Crippen molar-refractivity contribution >= 4 is 27.5 Å². The van der Waals surface area contributed by atoms with Crippen LogP contribution in [0.3, 0.4) is 0 Å². The highest BCUT2D eigenvalue weighted by Gasteiger charge is 2.23. The number of hydrogen-bond donors (Lipinski definition) is 0. The molecule has 5 heteroatoms. The largest absolute Gasteiger partial charge is 0.294 e. The monoisotopic (exact) mass is 361 g/mol. The van der Waals surface area contributed by atoms with Crippen molar-refractivity contribution < 1.29 is 0 Å². The van der Waals surface area contributed by atoms with E-state index < -0.39 is 0 Å². The van der Waals surface area contributed by atoms with Gasteiger partial charge < -0.3 is 0 Å². The molecule has 0 bridgehead atoms. The molecular formula is C15H25BrClN3. The van der Waals surface area contributed by atoms with Gasteiger partial charge in [-0.1, -0.05) is 47.3 Å². The summed E-state index contributed by atoms with van der Waals surface area (Å²) in [6.07, 6.45) is 6.17. The van der Waals surface area contributed by atoms with E-state index in [1.165, 1.54) is 37.9 Å². The van der Waals surface area contributed by atoms with E-state index in [1.807, 2.05) is 0 Å². The second-order valence-corrected chi connectivity index (χ2v) is 6.53. The first-order valence-electron chi connectivity index (χ1n) is 7.75. The van der Waals surface area contributed by atoms with E-state index in [9.17, 15) is 0 Å². The van der Waals surface area contributed by atoms with Crippen LogP contribution in [-0.4, -0.2) is 32.6 Å². The highest BCUT2D eigenvalue weighted by molar-refractivity contribution is 9.09. The zero-order chi connectivity index (χ0) is 14.5. The number of hydrogen-bond acceptors (Lipinski definition) is 2. The molecule has 1 aromatic heterocycles. The minimum absolute atomic E-state index is 0.624. The van der Waals surface area contributed by atoms with Gasteiger partial charge in [-0.15, -0.1) is 0 Å². The number of nitrogens with zero attached hydrogens (tertiary/aromatic N) is 3. The van der Waals surface area contributed by atoms with Gasteiger partial charge in [-0.2, -0.15) is 5.10 Å². The van der Waals surface area contributed by atoms with E-state index in [1.54, 1.807) is 0 Å². The molecule has 1 aliphatic rings. The topological polar surface area (TPSA) is 21.1 Å². The van der Waals surface area contributed by atoms with Crippen LogP contribution < -0.4 is 0 Å². The van der Waals surface area contributed by atoms with E-state index in [0.29, 0.717) is 6.04 Å². The van der Waals surface area contributed by atoms with Gasteiger partial charge in [0, 0.05) is 24.5 Å². The summed E-state index contributed by atoms with van der Waals surface area (Å²) in [5.41, 5.74) is 2.23. The molecule has 1 aromatic rings. The molecule has 0 aromatic carbocycles. The fourth-order valence-electron chi connectivity index (χ4n) is 2.98. The first-order chi connectivity index (χ1) is 9.71. The van der Waals surface area contributed by atoms with Crippen LogP contribution in [0.1, 0.15) is 50.9 Å². The van der Waals surface area contributed by atoms with E-state index in [4.69, 9.17) is 11.6 Å². The van der Waals surface area contributed by atoms with E-state index in [0.717, 1.165) is 35.6 Å². The van der Waals surface area contributed by atoms with E-state index in [-0.39, 0.29) is 0 Å². The van der Waals surface area contributed by atoms with Crippen molar-refractivity contribution in [3.05, 3.63) is 16.4 Å². The maximum absolute atomic E-state index is 6.54. The summed E-state index contributed by atoms with van der Waals surface area (Å²) in [7, 11) is 0. The van der Waals surface area contributed by atoms with Crippen LogP contribution >= 0.6 is 27.5 Å². The van der Waals surface area contributed by atoms with E-state index >= 15 is 0 Å². The van der Waals surface area contributed by atoms with Gasteiger partial charge in [0.1, 0.15) is 0 Å². The molecule has 20 heavy (non-hydrogen) atoms. The van der Waals surface area contributed by atoms with Crippen molar-refractivity contribution in [3.8, 4) is 0 Å². The molecule has 2 rings (SSSR count). The van der Waals surface area contributed by atoms with Gasteiger partial charge in [0.05, 0.1) is 16.4 Å². The van der Waals surface area contributed by atoms with Crippen molar-refractivity contribution in [1.29, 1.82) is 0 Å². The Balaban J connectivity index is 2.20. The molecule has 0 saturated carbocycles. The summed E-state index contributed by atoms with van der Waals surface area (Å²) in [4.78, 5) is 2.58. The number of alkyl halides is 1. The molecule has 0 radical (unpaired) electrons. The number of aromatic nitrogens is 2. The Bertz CT molecular complexity index is 433. The molecule has 1 saturated heterocycles. The summed E-state index contributed by atoms with van der Waals surface area (Å²) in [6, 6.07) is 0.624. The Hall–Kier alpha value is -0.0600. The lowest BCUT2D eigenvalue weighted by Gasteiger charge is -2.28. The summed E-state index contributed by atoms with van der Waals surface area (Å²) in [5.74, 6) is 0. The molecule has 1 aliphatic heterocycles. The number of rotatable bonds is 5. The fourth-order valence-corrected chi connectivity index (χ4v) is 4.04. The van der Waals surface area contributed by atoms with Crippen molar-refractivity contribution in [2.24, 2.45) is 0 Å². The first-order valence-corrected chi connectivity index (χ1v) is 9.25. The average Bonchev–Trinajstić information content (AvgIpc) is 2.64. The fraction of sp³-hybridized carbons (Fsp3) is 0.800. The van der Waals surface area contributed by atoms with Gasteiger partial charge in [0.15, 0.2) is 0 Å². The average molecular weight is 363 g/mol. The van der Waals surface area contributed by atoms with Crippen LogP contribution in [0, 0.1) is 0 Å². The van der Waals surface area contributed by atoms with Crippen LogP contribution in [0.15, 0.2) is 0 Å². The first kappa shape index (κ1) is 16.3. The zero-order valence-corrected chi connectivity index (χ0v) is 14.9. The van der Waals surface area contributed by atoms with Crippen LogP contribution in [0.5, 0.6) is 0 Å². The van der Waals surface area contributed by atoms with Gasteiger partial charge in [-0.25, -0.2) is 0 Å². The molecule has 0 N–H and O–H groups in total. The molecule has 1 atom stereocenters.